The van der Waals surface area contributed by atoms with Gasteiger partial charge in [0.2, 0.25) is 0 Å². The van der Waals surface area contributed by atoms with E-state index in [1.165, 1.54) is 49.6 Å². The van der Waals surface area contributed by atoms with E-state index in [1.54, 1.807) is 13.0 Å². The third-order valence-corrected chi connectivity index (χ3v) is 3.61. The van der Waals surface area contributed by atoms with E-state index < -0.39 is 16.9 Å². The molecule has 0 unspecified atom stereocenters. The lowest BCUT2D eigenvalue weighted by Crippen LogP contribution is -2.09. The van der Waals surface area contributed by atoms with Crippen molar-refractivity contribution in [2.45, 2.75) is 6.92 Å². The molecule has 0 atom stereocenters. The highest BCUT2D eigenvalue weighted by atomic mass is 16.6. The van der Waals surface area contributed by atoms with Gasteiger partial charge in [-0.05, 0) is 36.8 Å². The molecule has 2 rings (SSSR count). The lowest BCUT2D eigenvalue weighted by molar-refractivity contribution is -0.384. The van der Waals surface area contributed by atoms with Gasteiger partial charge in [-0.3, -0.25) is 10.1 Å². The van der Waals surface area contributed by atoms with Crippen LogP contribution in [0.4, 0.5) is 5.69 Å². The molecule has 0 saturated carbocycles. The molecule has 0 aliphatic rings. The number of hydrogen-bond acceptors (Lipinski definition) is 8. The third kappa shape index (κ3) is 5.40. The van der Waals surface area contributed by atoms with Crippen molar-refractivity contribution < 1.29 is 28.7 Å². The van der Waals surface area contributed by atoms with E-state index in [4.69, 9.17) is 19.5 Å². The van der Waals surface area contributed by atoms with Crippen LogP contribution in [-0.2, 0) is 9.53 Å². The van der Waals surface area contributed by atoms with Gasteiger partial charge in [0.1, 0.15) is 11.6 Å². The highest BCUT2D eigenvalue weighted by Gasteiger charge is 2.16. The Morgan fingerprint density at radius 3 is 2.59 bits per heavy atom. The molecule has 9 heteroatoms. The molecule has 0 bridgehead atoms. The van der Waals surface area contributed by atoms with Gasteiger partial charge in [-0.25, -0.2) is 9.59 Å². The number of ether oxygens (including phenoxy) is 3. The van der Waals surface area contributed by atoms with Crippen LogP contribution in [0.15, 0.2) is 48.0 Å². The monoisotopic (exact) mass is 396 g/mol. The van der Waals surface area contributed by atoms with Gasteiger partial charge in [0, 0.05) is 12.1 Å². The molecule has 148 valence electrons. The molecule has 0 N–H and O–H groups in total. The molecule has 9 nitrogen and oxygen atoms in total. The van der Waals surface area contributed by atoms with Crippen LogP contribution in [0.3, 0.4) is 0 Å². The Morgan fingerprint density at radius 2 is 1.97 bits per heavy atom. The van der Waals surface area contributed by atoms with Crippen LogP contribution in [-0.4, -0.2) is 30.6 Å². The summed E-state index contributed by atoms with van der Waals surface area (Å²) < 4.78 is 15.3. The SMILES string of the molecule is CCOC(=O)/C(C#N)=C/c1ccc(OC(=O)c2cccc([N+](=O)[O-])c2)c(OC)c1. The number of carbonyl (C=O) groups is 2. The minimum atomic E-state index is -0.806. The van der Waals surface area contributed by atoms with Crippen LogP contribution < -0.4 is 9.47 Å². The smallest absolute Gasteiger partial charge is 0.348 e. The topological polar surface area (TPSA) is 129 Å². The van der Waals surface area contributed by atoms with Gasteiger partial charge in [0.05, 0.1) is 24.2 Å². The predicted octanol–water partition coefficient (Wildman–Crippen LogP) is 3.29. The number of benzene rings is 2. The molecule has 0 spiro atoms. The number of nitriles is 1. The summed E-state index contributed by atoms with van der Waals surface area (Å²) in [5.41, 5.74) is 0.00560. The normalized spacial score (nSPS) is 10.6. The summed E-state index contributed by atoms with van der Waals surface area (Å²) in [5, 5.41) is 20.0. The lowest BCUT2D eigenvalue weighted by atomic mass is 10.1. The van der Waals surface area contributed by atoms with Crippen LogP contribution in [0.5, 0.6) is 11.5 Å². The van der Waals surface area contributed by atoms with E-state index in [-0.39, 0.29) is 34.9 Å². The maximum Gasteiger partial charge on any atom is 0.348 e. The molecule has 0 aliphatic heterocycles. The zero-order valence-corrected chi connectivity index (χ0v) is 15.6. The molecule has 0 aliphatic carbocycles. The Labute approximate surface area is 165 Å². The molecule has 0 radical (unpaired) electrons. The highest BCUT2D eigenvalue weighted by molar-refractivity contribution is 5.98. The quantitative estimate of drug-likeness (QED) is 0.174. The van der Waals surface area contributed by atoms with Gasteiger partial charge >= 0.3 is 11.9 Å². The Morgan fingerprint density at radius 1 is 1.21 bits per heavy atom. The van der Waals surface area contributed by atoms with Gasteiger partial charge in [-0.2, -0.15) is 5.26 Å². The Bertz CT molecular complexity index is 1020. The first-order chi connectivity index (χ1) is 13.9. The first kappa shape index (κ1) is 21.1. The summed E-state index contributed by atoms with van der Waals surface area (Å²) in [6, 6.07) is 11.3. The summed E-state index contributed by atoms with van der Waals surface area (Å²) >= 11 is 0. The fourth-order valence-electron chi connectivity index (χ4n) is 2.28. The molecule has 0 aromatic heterocycles. The van der Waals surface area contributed by atoms with Gasteiger partial charge in [0.25, 0.3) is 5.69 Å². The number of methoxy groups -OCH3 is 1. The number of esters is 2. The average molecular weight is 396 g/mol. The summed E-state index contributed by atoms with van der Waals surface area (Å²) in [6.07, 6.45) is 1.31. The minimum absolute atomic E-state index is 0.000645. The summed E-state index contributed by atoms with van der Waals surface area (Å²) in [5.74, 6) is -1.33. The van der Waals surface area contributed by atoms with Crippen LogP contribution in [0.2, 0.25) is 0 Å². The molecule has 0 heterocycles. The standard InChI is InChI=1S/C20H16N2O7/c1-3-28-19(23)15(12-21)9-13-7-8-17(18(10-13)27-2)29-20(24)14-5-4-6-16(11-14)22(25)26/h4-11H,3H2,1-2H3/b15-9+. The fraction of sp³-hybridized carbons (Fsp3) is 0.150. The van der Waals surface area contributed by atoms with Crippen LogP contribution in [0, 0.1) is 21.4 Å². The largest absolute Gasteiger partial charge is 0.493 e. The van der Waals surface area contributed by atoms with Crippen molar-refractivity contribution in [3.63, 3.8) is 0 Å². The Kier molecular flexibility index (Phi) is 7.03. The van der Waals surface area contributed by atoms with E-state index in [2.05, 4.69) is 0 Å². The zero-order valence-electron chi connectivity index (χ0n) is 15.6. The summed E-state index contributed by atoms with van der Waals surface area (Å²) in [7, 11) is 1.35. The second kappa shape index (κ2) is 9.66. The highest BCUT2D eigenvalue weighted by Crippen LogP contribution is 2.30. The number of nitrogens with zero attached hydrogens (tertiary/aromatic N) is 2. The van der Waals surface area contributed by atoms with E-state index in [0.29, 0.717) is 5.56 Å². The molecule has 2 aromatic carbocycles. The first-order valence-electron chi connectivity index (χ1n) is 8.33. The molecular weight excluding hydrogens is 380 g/mol. The molecule has 29 heavy (non-hydrogen) atoms. The predicted molar refractivity (Wildman–Crippen MR) is 101 cm³/mol. The molecular formula is C20H16N2O7. The van der Waals surface area contributed by atoms with Crippen LogP contribution in [0.25, 0.3) is 6.08 Å². The Hall–Kier alpha value is -4.19. The number of non-ortho nitro benzene ring substituents is 1. The van der Waals surface area contributed by atoms with Gasteiger partial charge in [-0.15, -0.1) is 0 Å². The fourth-order valence-corrected chi connectivity index (χ4v) is 2.28. The van der Waals surface area contributed by atoms with Crippen LogP contribution in [0.1, 0.15) is 22.8 Å². The van der Waals surface area contributed by atoms with Gasteiger partial charge in [0.15, 0.2) is 11.5 Å². The van der Waals surface area contributed by atoms with Gasteiger partial charge < -0.3 is 14.2 Å². The van der Waals surface area contributed by atoms with Crippen molar-refractivity contribution in [2.24, 2.45) is 0 Å². The van der Waals surface area contributed by atoms with Crippen molar-refractivity contribution >= 4 is 23.7 Å². The number of nitro groups is 1. The van der Waals surface area contributed by atoms with Crippen molar-refractivity contribution in [3.8, 4) is 17.6 Å². The van der Waals surface area contributed by atoms with E-state index >= 15 is 0 Å². The maximum absolute atomic E-state index is 12.3. The molecule has 0 saturated heterocycles. The second-order valence-electron chi connectivity index (χ2n) is 5.50. The first-order valence-corrected chi connectivity index (χ1v) is 8.33. The lowest BCUT2D eigenvalue weighted by Gasteiger charge is -2.10. The van der Waals surface area contributed by atoms with Crippen molar-refractivity contribution in [1.82, 2.24) is 0 Å². The van der Waals surface area contributed by atoms with Crippen molar-refractivity contribution in [3.05, 3.63) is 69.3 Å². The molecule has 0 amide bonds. The number of carbonyl (C=O) groups excluding carboxylic acids is 2. The Balaban J connectivity index is 2.28. The summed E-state index contributed by atoms with van der Waals surface area (Å²) in [4.78, 5) is 34.3. The maximum atomic E-state index is 12.3. The molecule has 0 fully saturated rings. The minimum Gasteiger partial charge on any atom is -0.493 e. The number of rotatable bonds is 7. The average Bonchev–Trinajstić information content (AvgIpc) is 2.72. The number of nitro benzene ring substituents is 1. The van der Waals surface area contributed by atoms with Crippen LogP contribution >= 0.6 is 0 Å². The van der Waals surface area contributed by atoms with Crippen molar-refractivity contribution in [1.29, 1.82) is 5.26 Å². The summed E-state index contributed by atoms with van der Waals surface area (Å²) in [6.45, 7) is 1.76. The second-order valence-corrected chi connectivity index (χ2v) is 5.50. The third-order valence-electron chi connectivity index (χ3n) is 3.61. The van der Waals surface area contributed by atoms with Gasteiger partial charge in [-0.1, -0.05) is 12.1 Å². The van der Waals surface area contributed by atoms with E-state index in [1.807, 2.05) is 0 Å². The van der Waals surface area contributed by atoms with E-state index in [9.17, 15) is 19.7 Å². The molecule has 2 aromatic rings. The number of hydrogen-bond donors (Lipinski definition) is 0. The van der Waals surface area contributed by atoms with E-state index in [0.717, 1.165) is 6.07 Å². The van der Waals surface area contributed by atoms with Crippen molar-refractivity contribution in [2.75, 3.05) is 13.7 Å². The zero-order chi connectivity index (χ0) is 21.4.